The summed E-state index contributed by atoms with van der Waals surface area (Å²) in [4.78, 5) is 19.8. The summed E-state index contributed by atoms with van der Waals surface area (Å²) in [6, 6.07) is 15.7. The van der Waals surface area contributed by atoms with E-state index >= 15 is 0 Å². The summed E-state index contributed by atoms with van der Waals surface area (Å²) in [6.07, 6.45) is 4.04. The molecule has 0 amide bonds. The van der Waals surface area contributed by atoms with Gasteiger partial charge in [0.15, 0.2) is 5.16 Å². The first-order valence-electron chi connectivity index (χ1n) is 9.77. The highest BCUT2D eigenvalue weighted by atomic mass is 32.2. The van der Waals surface area contributed by atoms with Crippen molar-refractivity contribution >= 4 is 22.7 Å². The first-order chi connectivity index (χ1) is 13.2. The Morgan fingerprint density at radius 3 is 2.70 bits per heavy atom. The van der Waals surface area contributed by atoms with Crippen LogP contribution in [0.2, 0.25) is 0 Å². The Hall–Kier alpha value is -2.11. The molecule has 4 rings (SSSR count). The lowest BCUT2D eigenvalue weighted by Crippen LogP contribution is -3.13. The molecule has 140 valence electrons. The summed E-state index contributed by atoms with van der Waals surface area (Å²) >= 11 is 1.70. The van der Waals surface area contributed by atoms with Crippen LogP contribution in [0.4, 0.5) is 0 Å². The van der Waals surface area contributed by atoms with Crippen molar-refractivity contribution < 1.29 is 4.90 Å². The van der Waals surface area contributed by atoms with Gasteiger partial charge in [-0.15, -0.1) is 0 Å². The standard InChI is InChI=1S/C22H25N3OS/c1-17-8-7-9-18(16-17)25-21(26)19-10-3-4-11-20(19)23-22(25)27-15-14-24-12-5-2-6-13-24/h3-4,7-11,16H,2,5-6,12-15H2,1H3/p+1. The normalized spacial score (nSPS) is 15.3. The number of nitrogens with zero attached hydrogens (tertiary/aromatic N) is 2. The lowest BCUT2D eigenvalue weighted by atomic mass is 10.1. The van der Waals surface area contributed by atoms with Crippen LogP contribution in [-0.2, 0) is 0 Å². The Labute approximate surface area is 164 Å². The maximum Gasteiger partial charge on any atom is 0.266 e. The second-order valence-electron chi connectivity index (χ2n) is 7.30. The number of likely N-dealkylation sites (tertiary alicyclic amines) is 1. The summed E-state index contributed by atoms with van der Waals surface area (Å²) in [5.41, 5.74) is 2.82. The molecule has 1 aromatic heterocycles. The zero-order valence-corrected chi connectivity index (χ0v) is 16.6. The fourth-order valence-corrected chi connectivity index (χ4v) is 4.85. The van der Waals surface area contributed by atoms with Crippen LogP contribution in [0.5, 0.6) is 0 Å². The van der Waals surface area contributed by atoms with Crippen molar-refractivity contribution in [3.05, 3.63) is 64.4 Å². The molecule has 0 atom stereocenters. The van der Waals surface area contributed by atoms with E-state index in [1.54, 1.807) is 21.2 Å². The van der Waals surface area contributed by atoms with Gasteiger partial charge < -0.3 is 4.90 Å². The van der Waals surface area contributed by atoms with Gasteiger partial charge in [0.2, 0.25) is 0 Å². The molecular formula is C22H26N3OS+. The predicted molar refractivity (Wildman–Crippen MR) is 112 cm³/mol. The molecule has 4 nitrogen and oxygen atoms in total. The van der Waals surface area contributed by atoms with E-state index in [0.717, 1.165) is 34.2 Å². The van der Waals surface area contributed by atoms with E-state index in [-0.39, 0.29) is 5.56 Å². The maximum atomic E-state index is 13.2. The number of rotatable bonds is 5. The molecule has 3 aromatic rings. The highest BCUT2D eigenvalue weighted by molar-refractivity contribution is 7.99. The van der Waals surface area contributed by atoms with Crippen molar-refractivity contribution in [1.82, 2.24) is 9.55 Å². The maximum absolute atomic E-state index is 13.2. The Morgan fingerprint density at radius 2 is 1.89 bits per heavy atom. The number of aromatic nitrogens is 2. The summed E-state index contributed by atoms with van der Waals surface area (Å²) < 4.78 is 1.78. The van der Waals surface area contributed by atoms with Crippen LogP contribution in [0.3, 0.4) is 0 Å². The van der Waals surface area contributed by atoms with Crippen molar-refractivity contribution in [1.29, 1.82) is 0 Å². The molecule has 0 unspecified atom stereocenters. The smallest absolute Gasteiger partial charge is 0.266 e. The number of piperidine rings is 1. The van der Waals surface area contributed by atoms with Crippen molar-refractivity contribution in [2.45, 2.75) is 31.3 Å². The Bertz CT molecular complexity index is 992. The third kappa shape index (κ3) is 4.09. The Kier molecular flexibility index (Phi) is 5.60. The highest BCUT2D eigenvalue weighted by Gasteiger charge is 2.16. The van der Waals surface area contributed by atoms with Crippen molar-refractivity contribution in [3.8, 4) is 5.69 Å². The van der Waals surface area contributed by atoms with Gasteiger partial charge in [-0.3, -0.25) is 9.36 Å². The number of thioether (sulfide) groups is 1. The molecule has 1 saturated heterocycles. The minimum atomic E-state index is 0.0130. The number of aryl methyl sites for hydroxylation is 1. The van der Waals surface area contributed by atoms with E-state index in [2.05, 4.69) is 19.1 Å². The van der Waals surface area contributed by atoms with Crippen molar-refractivity contribution in [2.24, 2.45) is 0 Å². The number of hydrogen-bond donors (Lipinski definition) is 1. The molecule has 2 heterocycles. The average molecular weight is 381 g/mol. The van der Waals surface area contributed by atoms with Gasteiger partial charge in [0.25, 0.3) is 5.56 Å². The van der Waals surface area contributed by atoms with Gasteiger partial charge in [0.05, 0.1) is 42.0 Å². The van der Waals surface area contributed by atoms with Gasteiger partial charge in [-0.1, -0.05) is 36.0 Å². The van der Waals surface area contributed by atoms with Crippen LogP contribution >= 0.6 is 11.8 Å². The van der Waals surface area contributed by atoms with Crippen LogP contribution in [0, 0.1) is 6.92 Å². The molecule has 0 aliphatic carbocycles. The zero-order chi connectivity index (χ0) is 18.6. The van der Waals surface area contributed by atoms with E-state index in [0.29, 0.717) is 5.39 Å². The average Bonchev–Trinajstić information content (AvgIpc) is 2.69. The van der Waals surface area contributed by atoms with E-state index in [9.17, 15) is 4.79 Å². The van der Waals surface area contributed by atoms with E-state index in [4.69, 9.17) is 4.98 Å². The summed E-state index contributed by atoms with van der Waals surface area (Å²) in [7, 11) is 0. The van der Waals surface area contributed by atoms with E-state index in [1.807, 2.05) is 36.4 Å². The molecule has 1 aliphatic heterocycles. The number of benzene rings is 2. The number of nitrogens with one attached hydrogen (secondary N) is 1. The van der Waals surface area contributed by atoms with Crippen LogP contribution in [0.25, 0.3) is 16.6 Å². The molecule has 0 bridgehead atoms. The second kappa shape index (κ2) is 8.28. The molecule has 0 saturated carbocycles. The minimum Gasteiger partial charge on any atom is -0.334 e. The van der Waals surface area contributed by atoms with Gasteiger partial charge in [0.1, 0.15) is 0 Å². The molecule has 1 fully saturated rings. The van der Waals surface area contributed by atoms with Crippen LogP contribution in [0.1, 0.15) is 24.8 Å². The van der Waals surface area contributed by atoms with Crippen molar-refractivity contribution in [2.75, 3.05) is 25.4 Å². The van der Waals surface area contributed by atoms with Gasteiger partial charge in [0, 0.05) is 0 Å². The molecule has 0 spiro atoms. The lowest BCUT2D eigenvalue weighted by Gasteiger charge is -2.23. The molecule has 0 radical (unpaired) electrons. The molecule has 27 heavy (non-hydrogen) atoms. The monoisotopic (exact) mass is 380 g/mol. The summed E-state index contributed by atoms with van der Waals surface area (Å²) in [5.74, 6) is 0.978. The quantitative estimate of drug-likeness (QED) is 0.546. The number of para-hydroxylation sites is 1. The van der Waals surface area contributed by atoms with Gasteiger partial charge in [-0.05, 0) is 56.0 Å². The predicted octanol–water partition coefficient (Wildman–Crippen LogP) is 2.86. The minimum absolute atomic E-state index is 0.0130. The van der Waals surface area contributed by atoms with Crippen LogP contribution in [-0.4, -0.2) is 34.9 Å². The fraction of sp³-hybridized carbons (Fsp3) is 0.364. The van der Waals surface area contributed by atoms with Crippen LogP contribution < -0.4 is 10.5 Å². The van der Waals surface area contributed by atoms with E-state index < -0.39 is 0 Å². The zero-order valence-electron chi connectivity index (χ0n) is 15.8. The van der Waals surface area contributed by atoms with Crippen LogP contribution in [0.15, 0.2) is 58.5 Å². The molecule has 1 aliphatic rings. The molecular weight excluding hydrogens is 354 g/mol. The van der Waals surface area contributed by atoms with Gasteiger partial charge in [-0.25, -0.2) is 4.98 Å². The molecule has 2 aromatic carbocycles. The summed E-state index contributed by atoms with van der Waals surface area (Å²) in [5, 5.41) is 1.46. The largest absolute Gasteiger partial charge is 0.334 e. The number of hydrogen-bond acceptors (Lipinski definition) is 3. The number of quaternary nitrogens is 1. The Morgan fingerprint density at radius 1 is 1.07 bits per heavy atom. The first-order valence-corrected chi connectivity index (χ1v) is 10.8. The Balaban J connectivity index is 1.69. The van der Waals surface area contributed by atoms with Gasteiger partial charge in [-0.2, -0.15) is 0 Å². The summed E-state index contributed by atoms with van der Waals surface area (Å²) in [6.45, 7) is 5.73. The van der Waals surface area contributed by atoms with E-state index in [1.165, 1.54) is 32.4 Å². The fourth-order valence-electron chi connectivity index (χ4n) is 3.79. The van der Waals surface area contributed by atoms with Crippen molar-refractivity contribution in [3.63, 3.8) is 0 Å². The number of fused-ring (bicyclic) bond motifs is 1. The topological polar surface area (TPSA) is 39.3 Å². The lowest BCUT2D eigenvalue weighted by molar-refractivity contribution is -0.902. The third-order valence-electron chi connectivity index (χ3n) is 5.25. The van der Waals surface area contributed by atoms with Gasteiger partial charge >= 0.3 is 0 Å². The third-order valence-corrected chi connectivity index (χ3v) is 6.19. The first kappa shape index (κ1) is 18.3. The SMILES string of the molecule is Cc1cccc(-n2c(SCC[NH+]3CCCCC3)nc3ccccc3c2=O)c1. The second-order valence-corrected chi connectivity index (χ2v) is 8.36. The molecule has 1 N–H and O–H groups in total. The highest BCUT2D eigenvalue weighted by Crippen LogP contribution is 2.21. The molecule has 5 heteroatoms.